The molecule has 0 fully saturated rings. The van der Waals surface area contributed by atoms with E-state index in [2.05, 4.69) is 4.72 Å². The van der Waals surface area contributed by atoms with E-state index in [9.17, 15) is 18.3 Å². The number of Topliss-reactive ketones (excluding diaryl/α,β-unsaturated/α-hetero) is 1. The third-order valence-electron chi connectivity index (χ3n) is 5.98. The summed E-state index contributed by atoms with van der Waals surface area (Å²) >= 11 is 0. The molecule has 3 N–H and O–H groups in total. The summed E-state index contributed by atoms with van der Waals surface area (Å²) in [6, 6.07) is 8.17. The van der Waals surface area contributed by atoms with E-state index in [1.807, 2.05) is 41.5 Å². The molecule has 1 heterocycles. The van der Waals surface area contributed by atoms with Gasteiger partial charge in [-0.25, -0.2) is 13.1 Å². The number of sulfonamides is 1. The molecule has 0 spiro atoms. The highest BCUT2D eigenvalue weighted by Gasteiger charge is 2.31. The van der Waals surface area contributed by atoms with Crippen LogP contribution in [0.15, 0.2) is 35.2 Å². The highest BCUT2D eigenvalue weighted by atomic mass is 32.2. The first-order valence-electron chi connectivity index (χ1n) is 10.9. The van der Waals surface area contributed by atoms with Gasteiger partial charge in [-0.1, -0.05) is 47.6 Å². The lowest BCUT2D eigenvalue weighted by molar-refractivity contribution is 0.0962. The monoisotopic (exact) mass is 471 g/mol. The second kappa shape index (κ2) is 8.25. The fourth-order valence-corrected chi connectivity index (χ4v) is 4.75. The van der Waals surface area contributed by atoms with E-state index in [4.69, 9.17) is 5.41 Å². The third kappa shape index (κ3) is 4.82. The highest BCUT2D eigenvalue weighted by Crippen LogP contribution is 2.40. The summed E-state index contributed by atoms with van der Waals surface area (Å²) in [5.41, 5.74) is 2.51. The zero-order chi connectivity index (χ0) is 24.9. The van der Waals surface area contributed by atoms with E-state index < -0.39 is 10.0 Å². The fourth-order valence-electron chi connectivity index (χ4n) is 3.99. The number of hydrogen-bond donors (Lipinski definition) is 3. The van der Waals surface area contributed by atoms with Gasteiger partial charge in [-0.15, -0.1) is 0 Å². The van der Waals surface area contributed by atoms with Crippen molar-refractivity contribution in [2.24, 2.45) is 0 Å². The molecule has 0 unspecified atom stereocenters. The zero-order valence-electron chi connectivity index (χ0n) is 20.3. The highest BCUT2D eigenvalue weighted by molar-refractivity contribution is 7.89. The Hall–Kier alpha value is -2.71. The number of amidine groups is 1. The van der Waals surface area contributed by atoms with Crippen LogP contribution in [0.1, 0.15) is 74.2 Å². The lowest BCUT2D eigenvalue weighted by atomic mass is 9.78. The number of hydrogen-bond acceptors (Lipinski definition) is 5. The van der Waals surface area contributed by atoms with Gasteiger partial charge >= 0.3 is 0 Å². The van der Waals surface area contributed by atoms with E-state index in [0.29, 0.717) is 28.8 Å². The number of phenolic OH excluding ortho intramolecular Hbond substituents is 1. The Kier molecular flexibility index (Phi) is 6.23. The summed E-state index contributed by atoms with van der Waals surface area (Å²) in [6.07, 6.45) is 0. The number of carbonyl (C=O) groups excluding carboxylic acids is 1. The molecule has 0 aromatic heterocycles. The number of nitrogens with zero attached hydrogens (tertiary/aromatic N) is 1. The Morgan fingerprint density at radius 2 is 1.61 bits per heavy atom. The fraction of sp³-hybridized carbons (Fsp3) is 0.440. The SMILES string of the molecule is CNS(=O)(=O)c1ccc2c(c1)C(=N)N(CC(=O)c1cc(C(C)(C)C)c(O)c(C(C)(C)C)c1)C2. The molecule has 33 heavy (non-hydrogen) atoms. The smallest absolute Gasteiger partial charge is 0.240 e. The van der Waals surface area contributed by atoms with E-state index in [1.54, 1.807) is 23.1 Å². The zero-order valence-corrected chi connectivity index (χ0v) is 21.1. The lowest BCUT2D eigenvalue weighted by Gasteiger charge is -2.28. The molecule has 0 saturated heterocycles. The Morgan fingerprint density at radius 1 is 1.06 bits per heavy atom. The maximum atomic E-state index is 13.3. The molecule has 1 aliphatic heterocycles. The molecule has 2 aromatic rings. The molecule has 2 aromatic carbocycles. The van der Waals surface area contributed by atoms with Crippen LogP contribution in [0, 0.1) is 5.41 Å². The van der Waals surface area contributed by atoms with Crippen molar-refractivity contribution in [2.45, 2.75) is 63.8 Å². The molecular weight excluding hydrogens is 438 g/mol. The van der Waals surface area contributed by atoms with Crippen LogP contribution in [0.3, 0.4) is 0 Å². The van der Waals surface area contributed by atoms with Crippen LogP contribution in [-0.4, -0.2) is 43.6 Å². The Labute approximate surface area is 196 Å². The predicted molar refractivity (Wildman–Crippen MR) is 130 cm³/mol. The van der Waals surface area contributed by atoms with Gasteiger partial charge in [-0.05, 0) is 47.7 Å². The van der Waals surface area contributed by atoms with Crippen molar-refractivity contribution in [3.8, 4) is 5.75 Å². The average molecular weight is 472 g/mol. The Bertz CT molecular complexity index is 1200. The van der Waals surface area contributed by atoms with Crippen LogP contribution in [0.2, 0.25) is 0 Å². The van der Waals surface area contributed by atoms with E-state index in [-0.39, 0.29) is 39.6 Å². The summed E-state index contributed by atoms with van der Waals surface area (Å²) in [7, 11) is -2.28. The van der Waals surface area contributed by atoms with Crippen molar-refractivity contribution in [1.29, 1.82) is 5.41 Å². The van der Waals surface area contributed by atoms with Crippen molar-refractivity contribution in [1.82, 2.24) is 9.62 Å². The van der Waals surface area contributed by atoms with Gasteiger partial charge in [0.05, 0.1) is 11.4 Å². The van der Waals surface area contributed by atoms with Gasteiger partial charge < -0.3 is 10.0 Å². The van der Waals surface area contributed by atoms with Gasteiger partial charge in [0.15, 0.2) is 5.78 Å². The van der Waals surface area contributed by atoms with Crippen molar-refractivity contribution >= 4 is 21.6 Å². The van der Waals surface area contributed by atoms with E-state index in [0.717, 1.165) is 5.56 Å². The summed E-state index contributed by atoms with van der Waals surface area (Å²) in [4.78, 5) is 15.0. The second-order valence-electron chi connectivity index (χ2n) is 10.6. The second-order valence-corrected chi connectivity index (χ2v) is 12.5. The molecule has 0 bridgehead atoms. The summed E-state index contributed by atoms with van der Waals surface area (Å²) in [6.45, 7) is 12.3. The number of ketones is 1. The Morgan fingerprint density at radius 3 is 2.09 bits per heavy atom. The minimum Gasteiger partial charge on any atom is -0.507 e. The summed E-state index contributed by atoms with van der Waals surface area (Å²) in [5, 5.41) is 19.5. The number of aromatic hydroxyl groups is 1. The Balaban J connectivity index is 1.94. The molecule has 8 heteroatoms. The van der Waals surface area contributed by atoms with Crippen molar-refractivity contribution in [3.63, 3.8) is 0 Å². The first-order chi connectivity index (χ1) is 15.1. The maximum absolute atomic E-state index is 13.3. The molecule has 7 nitrogen and oxygen atoms in total. The molecule has 1 aliphatic rings. The number of carbonyl (C=O) groups is 1. The van der Waals surface area contributed by atoms with Crippen LogP contribution in [-0.2, 0) is 27.4 Å². The minimum atomic E-state index is -3.62. The summed E-state index contributed by atoms with van der Waals surface area (Å²) < 4.78 is 26.6. The summed E-state index contributed by atoms with van der Waals surface area (Å²) in [5.74, 6) is 0.176. The first-order valence-corrected chi connectivity index (χ1v) is 12.4. The van der Waals surface area contributed by atoms with Gasteiger partial charge in [0.25, 0.3) is 0 Å². The topological polar surface area (TPSA) is 111 Å². The molecule has 0 amide bonds. The molecule has 0 atom stereocenters. The molecular formula is C25H33N3O4S. The number of phenols is 1. The van der Waals surface area contributed by atoms with Crippen molar-refractivity contribution in [2.75, 3.05) is 13.6 Å². The average Bonchev–Trinajstić information content (AvgIpc) is 3.01. The van der Waals surface area contributed by atoms with Crippen molar-refractivity contribution in [3.05, 3.63) is 58.1 Å². The molecule has 3 rings (SSSR count). The molecule has 0 radical (unpaired) electrons. The first kappa shape index (κ1) is 24.9. The molecule has 0 aliphatic carbocycles. The molecule has 0 saturated carbocycles. The van der Waals surface area contributed by atoms with Gasteiger partial charge in [-0.3, -0.25) is 10.2 Å². The standard InChI is InChI=1S/C25H33N3O4S/c1-24(2,3)19-10-16(11-20(22(19)30)25(4,5)6)21(29)14-28-13-15-8-9-17(33(31,32)27-7)12-18(15)23(28)26/h8-12,26-27,30H,13-14H2,1-7H3. The van der Waals surface area contributed by atoms with Gasteiger partial charge in [-0.2, -0.15) is 0 Å². The number of rotatable bonds is 5. The maximum Gasteiger partial charge on any atom is 0.240 e. The van der Waals surface area contributed by atoms with Gasteiger partial charge in [0.1, 0.15) is 11.6 Å². The minimum absolute atomic E-state index is 0.0143. The van der Waals surface area contributed by atoms with Crippen LogP contribution in [0.5, 0.6) is 5.75 Å². The van der Waals surface area contributed by atoms with E-state index >= 15 is 0 Å². The number of fused-ring (bicyclic) bond motifs is 1. The lowest BCUT2D eigenvalue weighted by Crippen LogP contribution is -2.30. The van der Waals surface area contributed by atoms with Crippen molar-refractivity contribution < 1.29 is 18.3 Å². The van der Waals surface area contributed by atoms with E-state index in [1.165, 1.54) is 19.2 Å². The van der Waals surface area contributed by atoms with Gasteiger partial charge in [0, 0.05) is 28.8 Å². The van der Waals surface area contributed by atoms with Crippen LogP contribution < -0.4 is 4.72 Å². The largest absolute Gasteiger partial charge is 0.507 e. The van der Waals surface area contributed by atoms with Gasteiger partial charge in [0.2, 0.25) is 10.0 Å². The third-order valence-corrected chi connectivity index (χ3v) is 7.39. The van der Waals surface area contributed by atoms with Crippen LogP contribution in [0.25, 0.3) is 0 Å². The van der Waals surface area contributed by atoms with Crippen LogP contribution in [0.4, 0.5) is 0 Å². The quantitative estimate of drug-likeness (QED) is 0.573. The number of benzene rings is 2. The molecule has 178 valence electrons. The number of nitrogens with one attached hydrogen (secondary N) is 2. The normalized spacial score (nSPS) is 14.5. The van der Waals surface area contributed by atoms with Crippen LogP contribution >= 0.6 is 0 Å². The predicted octanol–water partition coefficient (Wildman–Crippen LogP) is 3.92.